The Kier molecular flexibility index (Phi) is 12.6. The molecule has 6 aromatic rings. The van der Waals surface area contributed by atoms with Gasteiger partial charge in [0.1, 0.15) is 47.1 Å². The maximum atomic E-state index is 12.9. The molecule has 0 aliphatic carbocycles. The van der Waals surface area contributed by atoms with Crippen LogP contribution in [-0.4, -0.2) is 141 Å². The summed E-state index contributed by atoms with van der Waals surface area (Å²) in [7, 11) is -6.14. The highest BCUT2D eigenvalue weighted by Gasteiger charge is 2.33. The van der Waals surface area contributed by atoms with Crippen molar-refractivity contribution in [2.24, 2.45) is 17.6 Å². The fourth-order valence-corrected chi connectivity index (χ4v) is 10.3. The zero-order valence-corrected chi connectivity index (χ0v) is 36.4. The van der Waals surface area contributed by atoms with Crippen LogP contribution in [0.1, 0.15) is 69.3 Å². The van der Waals surface area contributed by atoms with Gasteiger partial charge < -0.3 is 39.7 Å². The van der Waals surface area contributed by atoms with Crippen molar-refractivity contribution in [3.8, 4) is 0 Å². The SMILES string of the molecule is CS(=O)(=O)N1CCC(CCC(=O)c2noc3c2CN(c2ncnc4[nH]ccc24)CC3)C1.CS(=O)(=O)N1CCC(CN)C1.O=C(O)c1noc2c1CN(c1ncnc3[nH]ccc13)CC2. The van der Waals surface area contributed by atoms with Crippen molar-refractivity contribution in [3.05, 3.63) is 71.2 Å². The zero-order chi connectivity index (χ0) is 44.5. The molecule has 22 nitrogen and oxygen atoms in total. The van der Waals surface area contributed by atoms with Crippen LogP contribution in [0.3, 0.4) is 0 Å². The molecule has 2 fully saturated rings. The van der Waals surface area contributed by atoms with Crippen molar-refractivity contribution in [2.45, 2.75) is 51.6 Å². The number of carboxylic acids is 1. The van der Waals surface area contributed by atoms with Crippen LogP contribution in [-0.2, 0) is 46.0 Å². The Labute approximate surface area is 362 Å². The Morgan fingerprint density at radius 3 is 1.71 bits per heavy atom. The summed E-state index contributed by atoms with van der Waals surface area (Å²) in [4.78, 5) is 51.6. The van der Waals surface area contributed by atoms with E-state index < -0.39 is 26.0 Å². The lowest BCUT2D eigenvalue weighted by atomic mass is 9.97. The molecular weight excluding hydrogens is 859 g/mol. The van der Waals surface area contributed by atoms with Crippen LogP contribution in [0.4, 0.5) is 11.6 Å². The Balaban J connectivity index is 0.000000146. The minimum atomic E-state index is -3.17. The van der Waals surface area contributed by atoms with Crippen molar-refractivity contribution in [1.82, 2.24) is 48.8 Å². The Morgan fingerprint density at radius 1 is 0.746 bits per heavy atom. The number of carbonyl (C=O) groups excluding carboxylic acids is 1. The molecule has 24 heteroatoms. The van der Waals surface area contributed by atoms with E-state index in [1.54, 1.807) is 6.20 Å². The molecule has 5 N–H and O–H groups in total. The number of nitrogens with one attached hydrogen (secondary N) is 2. The van der Waals surface area contributed by atoms with Gasteiger partial charge in [0.2, 0.25) is 20.0 Å². The third-order valence-corrected chi connectivity index (χ3v) is 14.5. The highest BCUT2D eigenvalue weighted by atomic mass is 32.2. The quantitative estimate of drug-likeness (QED) is 0.143. The average molecular weight is 908 g/mol. The monoisotopic (exact) mass is 907 g/mol. The number of carboxylic acid groups (broad SMARTS) is 1. The summed E-state index contributed by atoms with van der Waals surface area (Å²) in [6.07, 6.45) is 13.1. The fourth-order valence-electron chi connectivity index (χ4n) is 8.47. The van der Waals surface area contributed by atoms with Crippen LogP contribution in [0.5, 0.6) is 0 Å². The second-order valence-corrected chi connectivity index (χ2v) is 20.1. The normalized spacial score (nSPS) is 19.3. The van der Waals surface area contributed by atoms with Gasteiger partial charge in [0.25, 0.3) is 0 Å². The van der Waals surface area contributed by atoms with Gasteiger partial charge in [-0.3, -0.25) is 4.79 Å². The van der Waals surface area contributed by atoms with Gasteiger partial charge in [-0.25, -0.2) is 50.2 Å². The zero-order valence-electron chi connectivity index (χ0n) is 34.8. The molecule has 6 aromatic heterocycles. The molecule has 0 spiro atoms. The predicted molar refractivity (Wildman–Crippen MR) is 229 cm³/mol. The van der Waals surface area contributed by atoms with Crippen LogP contribution in [0, 0.1) is 11.8 Å². The number of nitrogens with zero attached hydrogens (tertiary/aromatic N) is 10. The van der Waals surface area contributed by atoms with Crippen molar-refractivity contribution in [1.29, 1.82) is 0 Å². The van der Waals surface area contributed by atoms with E-state index in [-0.39, 0.29) is 17.4 Å². The largest absolute Gasteiger partial charge is 0.476 e. The maximum absolute atomic E-state index is 12.9. The molecule has 0 aromatic carbocycles. The minimum absolute atomic E-state index is 0.0194. The van der Waals surface area contributed by atoms with Gasteiger partial charge in [0, 0.05) is 82.1 Å². The molecule has 4 aliphatic rings. The van der Waals surface area contributed by atoms with E-state index in [0.717, 1.165) is 64.4 Å². The second kappa shape index (κ2) is 18.1. The van der Waals surface area contributed by atoms with Gasteiger partial charge in [-0.05, 0) is 49.8 Å². The number of aromatic nitrogens is 8. The summed E-state index contributed by atoms with van der Waals surface area (Å²) in [5.41, 5.74) is 8.76. The van der Waals surface area contributed by atoms with Crippen molar-refractivity contribution in [3.63, 3.8) is 0 Å². The van der Waals surface area contributed by atoms with E-state index in [1.807, 2.05) is 23.2 Å². The fraction of sp³-hybridized carbons (Fsp3) is 0.487. The van der Waals surface area contributed by atoms with Crippen molar-refractivity contribution < 1.29 is 40.6 Å². The molecule has 63 heavy (non-hydrogen) atoms. The van der Waals surface area contributed by atoms with Crippen LogP contribution >= 0.6 is 0 Å². The molecule has 0 amide bonds. The number of sulfonamides is 2. The Morgan fingerprint density at radius 2 is 1.24 bits per heavy atom. The molecule has 0 radical (unpaired) electrons. The van der Waals surface area contributed by atoms with Gasteiger partial charge in [-0.2, -0.15) is 0 Å². The van der Waals surface area contributed by atoms with Gasteiger partial charge in [-0.1, -0.05) is 10.3 Å². The third-order valence-electron chi connectivity index (χ3n) is 11.9. The van der Waals surface area contributed by atoms with E-state index in [0.29, 0.717) is 101 Å². The second-order valence-electron chi connectivity index (χ2n) is 16.1. The predicted octanol–water partition coefficient (Wildman–Crippen LogP) is 2.19. The average Bonchev–Trinajstić information content (AvgIpc) is 4.12. The number of aromatic carboxylic acids is 1. The minimum Gasteiger partial charge on any atom is -0.476 e. The lowest BCUT2D eigenvalue weighted by molar-refractivity contribution is 0.0684. The van der Waals surface area contributed by atoms with E-state index >= 15 is 0 Å². The lowest BCUT2D eigenvalue weighted by Crippen LogP contribution is -2.31. The summed E-state index contributed by atoms with van der Waals surface area (Å²) in [5, 5.41) is 18.7. The molecular formula is C39H49N13O9S2. The van der Waals surface area contributed by atoms with Gasteiger partial charge in [-0.15, -0.1) is 0 Å². The molecule has 0 saturated carbocycles. The smallest absolute Gasteiger partial charge is 0.358 e. The number of Topliss-reactive ketones (excluding diaryl/α,β-unsaturated/α-hetero) is 1. The van der Waals surface area contributed by atoms with Gasteiger partial charge >= 0.3 is 5.97 Å². The van der Waals surface area contributed by atoms with E-state index in [2.05, 4.69) is 45.1 Å². The number of nitrogens with two attached hydrogens (primary N) is 1. The van der Waals surface area contributed by atoms with Crippen molar-refractivity contribution >= 4 is 65.5 Å². The number of carbonyl (C=O) groups is 2. The van der Waals surface area contributed by atoms with Gasteiger partial charge in [0.15, 0.2) is 17.2 Å². The van der Waals surface area contributed by atoms with Crippen LogP contribution in [0.15, 0.2) is 46.2 Å². The van der Waals surface area contributed by atoms with Crippen molar-refractivity contribution in [2.75, 3.05) is 68.1 Å². The molecule has 4 aliphatic heterocycles. The van der Waals surface area contributed by atoms with Crippen LogP contribution in [0.2, 0.25) is 0 Å². The highest BCUT2D eigenvalue weighted by molar-refractivity contribution is 7.88. The summed E-state index contributed by atoms with van der Waals surface area (Å²) in [6.45, 7) is 5.17. The number of aromatic amines is 2. The molecule has 2 atom stereocenters. The van der Waals surface area contributed by atoms with E-state index in [9.17, 15) is 26.4 Å². The standard InChI is InChI=1S/C20H24N6O4S.C13H11N5O3.C6H14N2O2S/c1-31(28,29)26-9-5-13(10-26)2-3-16(27)18-15-11-25(8-6-17(15)30-24-18)20-14-4-7-21-19(14)22-12-23-20;19-13(20)10-8-5-18(4-2-9(8)21-17-10)12-7-1-3-14-11(7)15-6-16-12;1-11(9,10)8-3-2-6(4-7)5-8/h4,7,12-13H,2-3,5-6,8-11H2,1H3,(H,21,22,23);1,3,6H,2,4-5H2,(H,19,20)(H,14,15,16);6H,2-5,7H2,1H3. The first-order valence-electron chi connectivity index (χ1n) is 20.6. The summed E-state index contributed by atoms with van der Waals surface area (Å²) >= 11 is 0. The number of H-pyrrole nitrogens is 2. The number of rotatable bonds is 10. The summed E-state index contributed by atoms with van der Waals surface area (Å²) in [6, 6.07) is 3.85. The third kappa shape index (κ3) is 9.58. The number of ketones is 1. The lowest BCUT2D eigenvalue weighted by Gasteiger charge is -2.27. The first-order chi connectivity index (χ1) is 30.2. The van der Waals surface area contributed by atoms with E-state index in [1.165, 1.54) is 33.8 Å². The first kappa shape index (κ1) is 43.8. The van der Waals surface area contributed by atoms with Crippen LogP contribution < -0.4 is 15.5 Å². The molecule has 10 rings (SSSR count). The molecule has 336 valence electrons. The molecule has 2 saturated heterocycles. The number of fused-ring (bicyclic) bond motifs is 4. The van der Waals surface area contributed by atoms with E-state index in [4.69, 9.17) is 19.9 Å². The number of hydrogen-bond donors (Lipinski definition) is 4. The molecule has 10 heterocycles. The Bertz CT molecular complexity index is 2840. The van der Waals surface area contributed by atoms with Gasteiger partial charge in [0.05, 0.1) is 36.4 Å². The maximum Gasteiger partial charge on any atom is 0.358 e. The Hall–Kier alpha value is -5.82. The summed E-state index contributed by atoms with van der Waals surface area (Å²) < 4.78 is 58.9. The molecule has 0 bridgehead atoms. The number of anilines is 2. The first-order valence-corrected chi connectivity index (χ1v) is 24.2. The highest BCUT2D eigenvalue weighted by Crippen LogP contribution is 2.32. The topological polar surface area (TPSA) is 297 Å². The number of hydrogen-bond acceptors (Lipinski definition) is 17. The summed E-state index contributed by atoms with van der Waals surface area (Å²) in [5.74, 6) is 2.43. The van der Waals surface area contributed by atoms with Crippen LogP contribution in [0.25, 0.3) is 22.1 Å². The molecule has 2 unspecified atom stereocenters.